The average Bonchev–Trinajstić information content (AvgIpc) is 3.36. The monoisotopic (exact) mass is 394 g/mol. The van der Waals surface area contributed by atoms with E-state index >= 15 is 0 Å². The number of furan rings is 1. The Morgan fingerprint density at radius 2 is 1.86 bits per heavy atom. The molecule has 3 heterocycles. The van der Waals surface area contributed by atoms with Crippen LogP contribution >= 0.6 is 11.6 Å². The van der Waals surface area contributed by atoms with Gasteiger partial charge in [0.15, 0.2) is 5.76 Å². The molecule has 0 fully saturated rings. The molecule has 0 atom stereocenters. The summed E-state index contributed by atoms with van der Waals surface area (Å²) in [6.45, 7) is 0.287. The lowest BCUT2D eigenvalue weighted by atomic mass is 10.2. The lowest BCUT2D eigenvalue weighted by Crippen LogP contribution is -2.23. The van der Waals surface area contributed by atoms with E-state index < -0.39 is 0 Å². The number of benzene rings is 1. The van der Waals surface area contributed by atoms with E-state index in [1.165, 1.54) is 6.26 Å². The number of halogens is 1. The Kier molecular flexibility index (Phi) is 4.82. The van der Waals surface area contributed by atoms with Crippen molar-refractivity contribution in [2.75, 3.05) is 5.32 Å². The van der Waals surface area contributed by atoms with Crippen molar-refractivity contribution in [3.63, 3.8) is 0 Å². The van der Waals surface area contributed by atoms with Crippen molar-refractivity contribution in [1.82, 2.24) is 14.7 Å². The van der Waals surface area contributed by atoms with E-state index in [9.17, 15) is 9.59 Å². The fraction of sp³-hybridized carbons (Fsp3) is 0.0500. The molecule has 0 aliphatic heterocycles. The van der Waals surface area contributed by atoms with Crippen LogP contribution in [0.3, 0.4) is 0 Å². The molecule has 0 saturated carbocycles. The molecular formula is C20H15ClN4O3. The van der Waals surface area contributed by atoms with Crippen LogP contribution in [0.1, 0.15) is 26.6 Å². The molecule has 3 aromatic heterocycles. The molecular weight excluding hydrogens is 380 g/mol. The fourth-order valence-electron chi connectivity index (χ4n) is 2.68. The Labute approximate surface area is 164 Å². The number of nitrogens with zero attached hydrogens (tertiary/aromatic N) is 2. The lowest BCUT2D eigenvalue weighted by molar-refractivity contribution is 0.0949. The van der Waals surface area contributed by atoms with Gasteiger partial charge in [-0.1, -0.05) is 11.6 Å². The predicted octanol–water partition coefficient (Wildman–Crippen LogP) is 3.76. The number of hydrogen-bond donors (Lipinski definition) is 2. The van der Waals surface area contributed by atoms with Crippen LogP contribution in [0.4, 0.5) is 5.69 Å². The van der Waals surface area contributed by atoms with Gasteiger partial charge in [0, 0.05) is 23.6 Å². The number of rotatable bonds is 5. The minimum atomic E-state index is -0.353. The average molecular weight is 395 g/mol. The van der Waals surface area contributed by atoms with Gasteiger partial charge in [-0.3, -0.25) is 9.59 Å². The number of anilines is 1. The molecule has 140 valence electrons. The van der Waals surface area contributed by atoms with E-state index in [0.29, 0.717) is 16.3 Å². The van der Waals surface area contributed by atoms with Gasteiger partial charge < -0.3 is 19.5 Å². The highest BCUT2D eigenvalue weighted by Crippen LogP contribution is 2.13. The molecule has 0 aliphatic carbocycles. The van der Waals surface area contributed by atoms with Crippen molar-refractivity contribution in [1.29, 1.82) is 0 Å². The first-order valence-electron chi connectivity index (χ1n) is 8.45. The van der Waals surface area contributed by atoms with Crippen LogP contribution < -0.4 is 10.6 Å². The molecule has 1 aromatic carbocycles. The molecule has 0 spiro atoms. The second-order valence-electron chi connectivity index (χ2n) is 6.04. The zero-order chi connectivity index (χ0) is 19.5. The van der Waals surface area contributed by atoms with Gasteiger partial charge in [-0.2, -0.15) is 0 Å². The number of amides is 2. The van der Waals surface area contributed by atoms with Gasteiger partial charge in [0.25, 0.3) is 11.8 Å². The van der Waals surface area contributed by atoms with Crippen molar-refractivity contribution in [3.05, 3.63) is 89.2 Å². The highest BCUT2D eigenvalue weighted by molar-refractivity contribution is 6.30. The van der Waals surface area contributed by atoms with Crippen LogP contribution in [0.15, 0.2) is 71.6 Å². The van der Waals surface area contributed by atoms with Gasteiger partial charge in [-0.15, -0.1) is 0 Å². The van der Waals surface area contributed by atoms with Crippen LogP contribution in [0, 0.1) is 0 Å². The zero-order valence-corrected chi connectivity index (χ0v) is 15.3. The van der Waals surface area contributed by atoms with E-state index in [4.69, 9.17) is 16.0 Å². The van der Waals surface area contributed by atoms with Crippen molar-refractivity contribution >= 4 is 34.7 Å². The van der Waals surface area contributed by atoms with Crippen LogP contribution in [-0.4, -0.2) is 21.2 Å². The van der Waals surface area contributed by atoms with Crippen LogP contribution in [-0.2, 0) is 6.54 Å². The standard InChI is InChI=1S/C20H15ClN4O3/c21-14-5-8-18-23-16(12-25(18)11-14)10-22-19(26)13-3-6-15(7-4-13)24-20(27)17-2-1-9-28-17/h1-9,11-12H,10H2,(H,22,26)(H,24,27). The quantitative estimate of drug-likeness (QED) is 0.539. The minimum Gasteiger partial charge on any atom is -0.459 e. The number of fused-ring (bicyclic) bond motifs is 1. The maximum atomic E-state index is 12.3. The van der Waals surface area contributed by atoms with Crippen LogP contribution in [0.25, 0.3) is 5.65 Å². The summed E-state index contributed by atoms with van der Waals surface area (Å²) in [5.41, 5.74) is 2.52. The number of hydrogen-bond acceptors (Lipinski definition) is 4. The van der Waals surface area contributed by atoms with E-state index in [2.05, 4.69) is 15.6 Å². The number of carbonyl (C=O) groups is 2. The molecule has 4 rings (SSSR count). The Morgan fingerprint density at radius 1 is 1.04 bits per heavy atom. The van der Waals surface area contributed by atoms with E-state index in [1.807, 2.05) is 12.3 Å². The van der Waals surface area contributed by atoms with Gasteiger partial charge in [-0.25, -0.2) is 4.98 Å². The van der Waals surface area contributed by atoms with Gasteiger partial charge >= 0.3 is 0 Å². The minimum absolute atomic E-state index is 0.218. The van der Waals surface area contributed by atoms with E-state index in [-0.39, 0.29) is 24.1 Å². The molecule has 2 N–H and O–H groups in total. The fourth-order valence-corrected chi connectivity index (χ4v) is 2.85. The summed E-state index contributed by atoms with van der Waals surface area (Å²) in [4.78, 5) is 28.7. The molecule has 7 nitrogen and oxygen atoms in total. The molecule has 0 radical (unpaired) electrons. The first kappa shape index (κ1) is 17.8. The third-order valence-corrected chi connectivity index (χ3v) is 4.27. The lowest BCUT2D eigenvalue weighted by Gasteiger charge is -2.06. The third kappa shape index (κ3) is 3.89. The second-order valence-corrected chi connectivity index (χ2v) is 6.47. The molecule has 0 unspecified atom stereocenters. The summed E-state index contributed by atoms with van der Waals surface area (Å²) in [6.07, 6.45) is 5.00. The van der Waals surface area contributed by atoms with Crippen molar-refractivity contribution in [2.24, 2.45) is 0 Å². The maximum absolute atomic E-state index is 12.3. The molecule has 4 aromatic rings. The third-order valence-electron chi connectivity index (χ3n) is 4.04. The topological polar surface area (TPSA) is 88.6 Å². The summed E-state index contributed by atoms with van der Waals surface area (Å²) in [5, 5.41) is 6.13. The molecule has 0 saturated heterocycles. The summed E-state index contributed by atoms with van der Waals surface area (Å²) in [5.74, 6) is -0.372. The molecule has 2 amide bonds. The van der Waals surface area contributed by atoms with Crippen molar-refractivity contribution in [3.8, 4) is 0 Å². The van der Waals surface area contributed by atoms with E-state index in [0.717, 1.165) is 11.3 Å². The molecule has 0 aliphatic rings. The Morgan fingerprint density at radius 3 is 2.61 bits per heavy atom. The smallest absolute Gasteiger partial charge is 0.291 e. The number of imidazole rings is 1. The van der Waals surface area contributed by atoms with Gasteiger partial charge in [-0.05, 0) is 48.5 Å². The number of nitrogens with one attached hydrogen (secondary N) is 2. The summed E-state index contributed by atoms with van der Waals surface area (Å²) in [7, 11) is 0. The largest absolute Gasteiger partial charge is 0.459 e. The molecule has 0 bridgehead atoms. The number of carbonyl (C=O) groups excluding carboxylic acids is 2. The van der Waals surface area contributed by atoms with Crippen molar-refractivity contribution in [2.45, 2.75) is 6.54 Å². The number of aromatic nitrogens is 2. The van der Waals surface area contributed by atoms with Gasteiger partial charge in [0.1, 0.15) is 5.65 Å². The van der Waals surface area contributed by atoms with Crippen LogP contribution in [0.5, 0.6) is 0 Å². The summed E-state index contributed by atoms with van der Waals surface area (Å²) >= 11 is 5.96. The molecule has 8 heteroatoms. The second kappa shape index (κ2) is 7.58. The molecule has 28 heavy (non-hydrogen) atoms. The Balaban J connectivity index is 1.37. The first-order valence-corrected chi connectivity index (χ1v) is 8.82. The van der Waals surface area contributed by atoms with Gasteiger partial charge in [0.05, 0.1) is 23.5 Å². The SMILES string of the molecule is O=C(NCc1cn2cc(Cl)ccc2n1)c1ccc(NC(=O)c2ccco2)cc1. The Hall–Kier alpha value is -3.58. The Bertz CT molecular complexity index is 1130. The summed E-state index contributed by atoms with van der Waals surface area (Å²) in [6, 6.07) is 13.4. The van der Waals surface area contributed by atoms with Gasteiger partial charge in [0.2, 0.25) is 0 Å². The summed E-state index contributed by atoms with van der Waals surface area (Å²) < 4.78 is 6.85. The number of pyridine rings is 1. The first-order chi connectivity index (χ1) is 13.6. The zero-order valence-electron chi connectivity index (χ0n) is 14.6. The van der Waals surface area contributed by atoms with Crippen LogP contribution in [0.2, 0.25) is 5.02 Å². The van der Waals surface area contributed by atoms with E-state index in [1.54, 1.807) is 53.1 Å². The normalized spacial score (nSPS) is 10.8. The maximum Gasteiger partial charge on any atom is 0.291 e. The van der Waals surface area contributed by atoms with Crippen molar-refractivity contribution < 1.29 is 14.0 Å². The highest BCUT2D eigenvalue weighted by Gasteiger charge is 2.10. The highest BCUT2D eigenvalue weighted by atomic mass is 35.5. The predicted molar refractivity (Wildman–Crippen MR) is 104 cm³/mol.